The second-order valence-corrected chi connectivity index (χ2v) is 6.14. The van der Waals surface area contributed by atoms with Crippen molar-refractivity contribution in [1.82, 2.24) is 25.0 Å². The van der Waals surface area contributed by atoms with Gasteiger partial charge in [-0.2, -0.15) is 13.2 Å². The van der Waals surface area contributed by atoms with Gasteiger partial charge in [0.25, 0.3) is 0 Å². The molecule has 2 N–H and O–H groups in total. The molecular formula is C17H17F3N6O. The van der Waals surface area contributed by atoms with Crippen LogP contribution in [-0.4, -0.2) is 42.3 Å². The van der Waals surface area contributed by atoms with E-state index in [1.807, 2.05) is 32.0 Å². The van der Waals surface area contributed by atoms with Crippen LogP contribution in [0.5, 0.6) is 0 Å². The zero-order valence-corrected chi connectivity index (χ0v) is 14.6. The first kappa shape index (κ1) is 18.8. The molecule has 0 aliphatic rings. The topological polar surface area (TPSA) is 88.8 Å². The molecule has 0 aliphatic heterocycles. The molecule has 3 heterocycles. The van der Waals surface area contributed by atoms with Crippen LogP contribution in [0, 0.1) is 13.8 Å². The van der Waals surface area contributed by atoms with Crippen molar-refractivity contribution in [3.05, 3.63) is 47.8 Å². The molecule has 0 aliphatic carbocycles. The molecule has 0 aromatic carbocycles. The first-order chi connectivity index (χ1) is 12.7. The number of aliphatic hydroxyl groups excluding tert-OH is 1. The summed E-state index contributed by atoms with van der Waals surface area (Å²) in [6.07, 6.45) is -4.25. The van der Waals surface area contributed by atoms with E-state index in [0.717, 1.165) is 15.8 Å². The number of nitrogens with zero attached hydrogens (tertiary/aromatic N) is 5. The lowest BCUT2D eigenvalue weighted by atomic mass is 10.2. The Morgan fingerprint density at radius 3 is 2.56 bits per heavy atom. The third kappa shape index (κ3) is 4.79. The monoisotopic (exact) mass is 378 g/mol. The van der Waals surface area contributed by atoms with Crippen molar-refractivity contribution in [2.45, 2.75) is 32.7 Å². The molecule has 3 aromatic heterocycles. The fraction of sp³-hybridized carbons (Fsp3) is 0.294. The van der Waals surface area contributed by atoms with Crippen molar-refractivity contribution >= 4 is 11.6 Å². The number of anilines is 2. The summed E-state index contributed by atoms with van der Waals surface area (Å²) in [5.74, 6) is 1.14. The Labute approximate surface area is 152 Å². The highest BCUT2D eigenvalue weighted by Gasteiger charge is 2.38. The van der Waals surface area contributed by atoms with Crippen LogP contribution in [-0.2, 0) is 6.54 Å². The van der Waals surface area contributed by atoms with E-state index >= 15 is 0 Å². The number of nitrogens with one attached hydrogen (secondary N) is 1. The van der Waals surface area contributed by atoms with Crippen molar-refractivity contribution in [2.75, 3.05) is 5.32 Å². The summed E-state index contributed by atoms with van der Waals surface area (Å²) in [5.41, 5.74) is 2.65. The molecule has 0 radical (unpaired) electrons. The SMILES string of the molecule is Cc1ccnc(Nc2cc(C)cc(-c3cn(CC(O)C(F)(F)F)nn3)n2)c1. The quantitative estimate of drug-likeness (QED) is 0.710. The van der Waals surface area contributed by atoms with Crippen LogP contribution in [0.2, 0.25) is 0 Å². The molecule has 0 fully saturated rings. The molecule has 10 heteroatoms. The highest BCUT2D eigenvalue weighted by Crippen LogP contribution is 2.23. The lowest BCUT2D eigenvalue weighted by Gasteiger charge is -2.13. The molecule has 0 amide bonds. The summed E-state index contributed by atoms with van der Waals surface area (Å²) in [7, 11) is 0. The maximum atomic E-state index is 12.5. The van der Waals surface area contributed by atoms with Crippen molar-refractivity contribution < 1.29 is 18.3 Å². The predicted molar refractivity (Wildman–Crippen MR) is 92.3 cm³/mol. The molecule has 27 heavy (non-hydrogen) atoms. The number of hydrogen-bond donors (Lipinski definition) is 2. The minimum absolute atomic E-state index is 0.299. The van der Waals surface area contributed by atoms with E-state index in [1.165, 1.54) is 6.20 Å². The van der Waals surface area contributed by atoms with Crippen molar-refractivity contribution in [2.24, 2.45) is 0 Å². The zero-order valence-electron chi connectivity index (χ0n) is 14.6. The summed E-state index contributed by atoms with van der Waals surface area (Å²) in [6.45, 7) is 3.06. The molecule has 0 saturated carbocycles. The molecular weight excluding hydrogens is 361 g/mol. The average Bonchev–Trinajstić information content (AvgIpc) is 3.02. The van der Waals surface area contributed by atoms with Crippen LogP contribution in [0.25, 0.3) is 11.4 Å². The molecule has 3 rings (SSSR count). The number of halogens is 3. The maximum Gasteiger partial charge on any atom is 0.416 e. The van der Waals surface area contributed by atoms with Crippen LogP contribution >= 0.6 is 0 Å². The van der Waals surface area contributed by atoms with E-state index in [0.29, 0.717) is 23.0 Å². The van der Waals surface area contributed by atoms with E-state index < -0.39 is 18.8 Å². The highest BCUT2D eigenvalue weighted by atomic mass is 19.4. The molecule has 0 bridgehead atoms. The Bertz CT molecular complexity index is 940. The maximum absolute atomic E-state index is 12.5. The van der Waals surface area contributed by atoms with Gasteiger partial charge in [-0.25, -0.2) is 14.6 Å². The summed E-state index contributed by atoms with van der Waals surface area (Å²) in [4.78, 5) is 8.63. The fourth-order valence-corrected chi connectivity index (χ4v) is 2.38. The fourth-order valence-electron chi connectivity index (χ4n) is 2.38. The lowest BCUT2D eigenvalue weighted by molar-refractivity contribution is -0.208. The lowest BCUT2D eigenvalue weighted by Crippen LogP contribution is -2.32. The molecule has 3 aromatic rings. The van der Waals surface area contributed by atoms with Crippen molar-refractivity contribution in [3.8, 4) is 11.4 Å². The minimum atomic E-state index is -4.72. The van der Waals surface area contributed by atoms with Crippen LogP contribution in [0.1, 0.15) is 11.1 Å². The van der Waals surface area contributed by atoms with Gasteiger partial charge in [0.2, 0.25) is 0 Å². The first-order valence-corrected chi connectivity index (χ1v) is 8.04. The van der Waals surface area contributed by atoms with E-state index in [2.05, 4.69) is 25.6 Å². The zero-order chi connectivity index (χ0) is 19.6. The number of aliphatic hydroxyl groups is 1. The number of aryl methyl sites for hydroxylation is 2. The Kier molecular flexibility index (Phi) is 5.08. The van der Waals surface area contributed by atoms with Crippen LogP contribution in [0.4, 0.5) is 24.8 Å². The number of pyridine rings is 2. The Balaban J connectivity index is 1.82. The van der Waals surface area contributed by atoms with E-state index in [4.69, 9.17) is 5.11 Å². The standard InChI is InChI=1S/C17H17F3N6O/c1-10-3-4-21-15(6-10)23-16-7-11(2)5-12(22-16)13-8-26(25-24-13)9-14(27)17(18,19)20/h3-8,14,27H,9H2,1-2H3,(H,21,22,23). The van der Waals surface area contributed by atoms with Gasteiger partial charge in [0, 0.05) is 6.20 Å². The molecule has 1 unspecified atom stereocenters. The summed E-state index contributed by atoms with van der Waals surface area (Å²) in [6, 6.07) is 7.28. The molecule has 0 spiro atoms. The van der Waals surface area contributed by atoms with Gasteiger partial charge in [-0.15, -0.1) is 5.10 Å². The highest BCUT2D eigenvalue weighted by molar-refractivity contribution is 5.61. The van der Waals surface area contributed by atoms with Crippen molar-refractivity contribution in [1.29, 1.82) is 0 Å². The largest absolute Gasteiger partial charge is 0.416 e. The number of rotatable bonds is 5. The van der Waals surface area contributed by atoms with Crippen LogP contribution in [0.3, 0.4) is 0 Å². The van der Waals surface area contributed by atoms with Crippen LogP contribution < -0.4 is 5.32 Å². The third-order valence-corrected chi connectivity index (χ3v) is 3.68. The van der Waals surface area contributed by atoms with Crippen molar-refractivity contribution in [3.63, 3.8) is 0 Å². The van der Waals surface area contributed by atoms with Gasteiger partial charge < -0.3 is 10.4 Å². The predicted octanol–water partition coefficient (Wildman–Crippen LogP) is 3.02. The molecule has 7 nitrogen and oxygen atoms in total. The van der Waals surface area contributed by atoms with Gasteiger partial charge in [0.05, 0.1) is 18.4 Å². The van der Waals surface area contributed by atoms with Gasteiger partial charge in [0.15, 0.2) is 6.10 Å². The van der Waals surface area contributed by atoms with Gasteiger partial charge in [0.1, 0.15) is 17.3 Å². The second-order valence-electron chi connectivity index (χ2n) is 6.14. The number of hydrogen-bond acceptors (Lipinski definition) is 6. The third-order valence-electron chi connectivity index (χ3n) is 3.68. The normalized spacial score (nSPS) is 12.8. The number of aromatic nitrogens is 5. The Hall–Kier alpha value is -3.01. The minimum Gasteiger partial charge on any atom is -0.382 e. The first-order valence-electron chi connectivity index (χ1n) is 8.04. The van der Waals surface area contributed by atoms with E-state index in [1.54, 1.807) is 12.3 Å². The summed E-state index contributed by atoms with van der Waals surface area (Å²) < 4.78 is 38.3. The number of alkyl halides is 3. The summed E-state index contributed by atoms with van der Waals surface area (Å²) >= 11 is 0. The smallest absolute Gasteiger partial charge is 0.382 e. The molecule has 142 valence electrons. The van der Waals surface area contributed by atoms with Gasteiger partial charge in [-0.3, -0.25) is 0 Å². The Morgan fingerprint density at radius 1 is 1.11 bits per heavy atom. The average molecular weight is 378 g/mol. The Morgan fingerprint density at radius 2 is 1.85 bits per heavy atom. The van der Waals surface area contributed by atoms with Gasteiger partial charge >= 0.3 is 6.18 Å². The second kappa shape index (κ2) is 7.31. The van der Waals surface area contributed by atoms with E-state index in [9.17, 15) is 13.2 Å². The summed E-state index contributed by atoms with van der Waals surface area (Å²) in [5, 5.41) is 19.7. The van der Waals surface area contributed by atoms with Gasteiger partial charge in [-0.1, -0.05) is 5.21 Å². The molecule has 1 atom stereocenters. The van der Waals surface area contributed by atoms with Crippen LogP contribution in [0.15, 0.2) is 36.7 Å². The van der Waals surface area contributed by atoms with Gasteiger partial charge in [-0.05, 0) is 49.2 Å². The van der Waals surface area contributed by atoms with E-state index in [-0.39, 0.29) is 0 Å². The molecule has 0 saturated heterocycles.